The molecule has 5 heteroatoms. The van der Waals surface area contributed by atoms with Crippen LogP contribution in [-0.4, -0.2) is 21.4 Å². The molecule has 1 aliphatic heterocycles. The van der Waals surface area contributed by atoms with E-state index in [4.69, 9.17) is 0 Å². The van der Waals surface area contributed by atoms with Crippen LogP contribution in [0.25, 0.3) is 0 Å². The van der Waals surface area contributed by atoms with Crippen LogP contribution < -0.4 is 5.32 Å². The van der Waals surface area contributed by atoms with E-state index in [1.165, 1.54) is 5.56 Å². The third-order valence-corrected chi connectivity index (χ3v) is 5.31. The fourth-order valence-corrected chi connectivity index (χ4v) is 3.33. The van der Waals surface area contributed by atoms with Gasteiger partial charge in [0.25, 0.3) is 0 Å². The third kappa shape index (κ3) is 4.59. The van der Waals surface area contributed by atoms with Gasteiger partial charge >= 0.3 is 0 Å². The van der Waals surface area contributed by atoms with Gasteiger partial charge in [-0.25, -0.2) is 0 Å². The van der Waals surface area contributed by atoms with Crippen molar-refractivity contribution in [3.05, 3.63) is 35.9 Å². The number of halogens is 2. The molecule has 0 amide bonds. The minimum absolute atomic E-state index is 0. The van der Waals surface area contributed by atoms with E-state index < -0.39 is 0 Å². The average molecular weight is 474 g/mol. The fourth-order valence-electron chi connectivity index (χ4n) is 1.59. The van der Waals surface area contributed by atoms with Crippen molar-refractivity contribution in [2.24, 2.45) is 4.99 Å². The normalized spacial score (nSPS) is 20.4. The molecule has 0 fully saturated rings. The highest BCUT2D eigenvalue weighted by Gasteiger charge is 2.19. The molecule has 0 bridgehead atoms. The molecular weight excluding hydrogens is 458 g/mol. The number of benzene rings is 1. The van der Waals surface area contributed by atoms with Gasteiger partial charge in [-0.2, -0.15) is 0 Å². The van der Waals surface area contributed by atoms with E-state index in [9.17, 15) is 0 Å². The molecule has 1 aromatic rings. The van der Waals surface area contributed by atoms with Crippen LogP contribution in [0.4, 0.5) is 0 Å². The Hall–Kier alpha value is 0.500. The monoisotopic (exact) mass is 474 g/mol. The van der Waals surface area contributed by atoms with Gasteiger partial charge in [0.1, 0.15) is 0 Å². The topological polar surface area (TPSA) is 24.4 Å². The summed E-state index contributed by atoms with van der Waals surface area (Å²) in [7, 11) is 0. The van der Waals surface area contributed by atoms with Gasteiger partial charge in [0.15, 0.2) is 5.17 Å². The van der Waals surface area contributed by atoms with E-state index in [1.54, 1.807) is 0 Å². The van der Waals surface area contributed by atoms with Crippen LogP contribution in [0.1, 0.15) is 18.5 Å². The van der Waals surface area contributed by atoms with Crippen LogP contribution in [-0.2, 0) is 0 Å². The van der Waals surface area contributed by atoms with Crippen molar-refractivity contribution < 1.29 is 0 Å². The summed E-state index contributed by atoms with van der Waals surface area (Å²) >= 11 is 4.29. The molecule has 2 unspecified atom stereocenters. The first-order valence-electron chi connectivity index (χ1n) is 5.38. The molecule has 94 valence electrons. The molecule has 1 aliphatic rings. The van der Waals surface area contributed by atoms with Gasteiger partial charge in [-0.05, 0) is 12.5 Å². The first kappa shape index (κ1) is 15.6. The van der Waals surface area contributed by atoms with Crippen molar-refractivity contribution in [3.8, 4) is 0 Å². The summed E-state index contributed by atoms with van der Waals surface area (Å²) in [5.74, 6) is 0. The quantitative estimate of drug-likeness (QED) is 0.532. The van der Waals surface area contributed by atoms with Crippen molar-refractivity contribution in [1.29, 1.82) is 0 Å². The summed E-state index contributed by atoms with van der Waals surface area (Å²) in [5.41, 5.74) is 1.31. The van der Waals surface area contributed by atoms with Crippen molar-refractivity contribution in [3.63, 3.8) is 0 Å². The Labute approximate surface area is 138 Å². The average Bonchev–Trinajstić information content (AvgIpc) is 2.78. The Bertz CT molecular complexity index is 370. The molecule has 1 aromatic carbocycles. The van der Waals surface area contributed by atoms with Crippen molar-refractivity contribution in [1.82, 2.24) is 5.32 Å². The lowest BCUT2D eigenvalue weighted by Crippen LogP contribution is -2.23. The van der Waals surface area contributed by atoms with Gasteiger partial charge in [-0.15, -0.1) is 24.0 Å². The van der Waals surface area contributed by atoms with Crippen molar-refractivity contribution in [2.75, 3.05) is 11.0 Å². The zero-order chi connectivity index (χ0) is 11.4. The van der Waals surface area contributed by atoms with E-state index >= 15 is 0 Å². The van der Waals surface area contributed by atoms with E-state index in [0.717, 1.165) is 16.1 Å². The Kier molecular flexibility index (Phi) is 7.17. The maximum atomic E-state index is 4.52. The van der Waals surface area contributed by atoms with E-state index in [2.05, 4.69) is 64.1 Å². The molecule has 1 N–H and O–H groups in total. The molecule has 1 heterocycles. The zero-order valence-electron chi connectivity index (χ0n) is 9.60. The highest BCUT2D eigenvalue weighted by atomic mass is 127. The summed E-state index contributed by atoms with van der Waals surface area (Å²) in [4.78, 5) is 4.52. The molecule has 0 spiro atoms. The molecule has 0 saturated heterocycles. The number of thioether (sulfide) groups is 1. The number of nitrogens with one attached hydrogen (secondary N) is 1. The molecule has 2 rings (SSSR count). The van der Waals surface area contributed by atoms with Crippen molar-refractivity contribution in [2.45, 2.75) is 18.2 Å². The van der Waals surface area contributed by atoms with E-state index in [-0.39, 0.29) is 24.0 Å². The number of nitrogens with zero attached hydrogens (tertiary/aromatic N) is 1. The molecule has 17 heavy (non-hydrogen) atoms. The lowest BCUT2D eigenvalue weighted by atomic mass is 10.1. The van der Waals surface area contributed by atoms with Gasteiger partial charge in [-0.1, -0.05) is 64.7 Å². The Morgan fingerprint density at radius 2 is 2.18 bits per heavy atom. The number of rotatable bonds is 3. The Morgan fingerprint density at radius 3 is 2.76 bits per heavy atom. The van der Waals surface area contributed by atoms with Crippen LogP contribution in [0.3, 0.4) is 0 Å². The van der Waals surface area contributed by atoms with Crippen LogP contribution in [0.2, 0.25) is 0 Å². The molecule has 0 aliphatic carbocycles. The lowest BCUT2D eigenvalue weighted by Gasteiger charge is -2.15. The number of aliphatic imine (C=N–C) groups is 1. The summed E-state index contributed by atoms with van der Waals surface area (Å²) in [6, 6.07) is 10.8. The third-order valence-electron chi connectivity index (χ3n) is 2.53. The SMILES string of the molecule is CC(NC1=NCC(CI)S1)c1ccccc1.I. The number of hydrogen-bond donors (Lipinski definition) is 1. The Morgan fingerprint density at radius 1 is 1.47 bits per heavy atom. The predicted molar refractivity (Wildman–Crippen MR) is 96.0 cm³/mol. The van der Waals surface area contributed by atoms with Gasteiger partial charge in [-0.3, -0.25) is 4.99 Å². The van der Waals surface area contributed by atoms with Gasteiger partial charge in [0.05, 0.1) is 12.6 Å². The Balaban J connectivity index is 0.00000144. The molecule has 0 aromatic heterocycles. The maximum Gasteiger partial charge on any atom is 0.157 e. The number of alkyl halides is 1. The largest absolute Gasteiger partial charge is 0.358 e. The van der Waals surface area contributed by atoms with Crippen LogP contribution in [0.15, 0.2) is 35.3 Å². The molecular formula is C12H16I2N2S. The minimum atomic E-state index is 0. The predicted octanol–water partition coefficient (Wildman–Crippen LogP) is 3.86. The van der Waals surface area contributed by atoms with Gasteiger partial charge in [0.2, 0.25) is 0 Å². The standard InChI is InChI=1S/C12H15IN2S.HI/c1-9(10-5-3-2-4-6-10)15-12-14-8-11(7-13)16-12;/h2-6,9,11H,7-8H2,1H3,(H,14,15);1H. The second-order valence-corrected chi connectivity index (χ2v) is 5.99. The second kappa shape index (κ2) is 7.83. The minimum Gasteiger partial charge on any atom is -0.358 e. The summed E-state index contributed by atoms with van der Waals surface area (Å²) in [5, 5.41) is 5.22. The first-order valence-corrected chi connectivity index (χ1v) is 7.78. The van der Waals surface area contributed by atoms with Gasteiger partial charge in [0, 0.05) is 9.68 Å². The van der Waals surface area contributed by atoms with E-state index in [1.807, 2.05) is 17.8 Å². The summed E-state index contributed by atoms with van der Waals surface area (Å²) in [6.45, 7) is 3.13. The lowest BCUT2D eigenvalue weighted by molar-refractivity contribution is 0.723. The summed E-state index contributed by atoms with van der Waals surface area (Å²) in [6.07, 6.45) is 0. The van der Waals surface area contributed by atoms with Crippen LogP contribution >= 0.6 is 58.3 Å². The van der Waals surface area contributed by atoms with Gasteiger partial charge < -0.3 is 5.32 Å². The van der Waals surface area contributed by atoms with Crippen LogP contribution in [0, 0.1) is 0 Å². The molecule has 0 radical (unpaired) electrons. The highest BCUT2D eigenvalue weighted by Crippen LogP contribution is 2.23. The smallest absolute Gasteiger partial charge is 0.157 e. The zero-order valence-corrected chi connectivity index (χ0v) is 14.9. The molecule has 0 saturated carbocycles. The molecule has 2 atom stereocenters. The molecule has 2 nitrogen and oxygen atoms in total. The maximum absolute atomic E-state index is 4.52. The number of amidine groups is 1. The fraction of sp³-hybridized carbons (Fsp3) is 0.417. The second-order valence-electron chi connectivity index (χ2n) is 3.82. The van der Waals surface area contributed by atoms with Crippen LogP contribution in [0.5, 0.6) is 0 Å². The van der Waals surface area contributed by atoms with E-state index in [0.29, 0.717) is 11.3 Å². The van der Waals surface area contributed by atoms with Crippen molar-refractivity contribution >= 4 is 63.5 Å². The summed E-state index contributed by atoms with van der Waals surface area (Å²) < 4.78 is 1.16. The first-order chi connectivity index (χ1) is 7.79. The highest BCUT2D eigenvalue weighted by molar-refractivity contribution is 14.1. The number of hydrogen-bond acceptors (Lipinski definition) is 3.